The van der Waals surface area contributed by atoms with Gasteiger partial charge in [-0.25, -0.2) is 5.48 Å². The zero-order chi connectivity index (χ0) is 12.0. The van der Waals surface area contributed by atoms with Crippen LogP contribution in [0.15, 0.2) is 30.3 Å². The molecule has 0 aliphatic carbocycles. The Hall–Kier alpha value is -2.14. The smallest absolute Gasteiger partial charge is 0.267 e. The van der Waals surface area contributed by atoms with E-state index >= 15 is 0 Å². The van der Waals surface area contributed by atoms with Crippen molar-refractivity contribution in [3.8, 4) is 0 Å². The summed E-state index contributed by atoms with van der Waals surface area (Å²) in [6, 6.07) is 6.76. The first-order valence-electron chi connectivity index (χ1n) is 4.61. The SMILES string of the molecule is CNC(=O)c1cccc(C=CC(=O)NO)c1. The predicted molar refractivity (Wildman–Crippen MR) is 58.8 cm³/mol. The number of benzene rings is 1. The molecule has 0 atom stereocenters. The monoisotopic (exact) mass is 220 g/mol. The van der Waals surface area contributed by atoms with E-state index in [1.807, 2.05) is 0 Å². The highest BCUT2D eigenvalue weighted by Gasteiger charge is 2.02. The van der Waals surface area contributed by atoms with Gasteiger partial charge in [0.1, 0.15) is 0 Å². The summed E-state index contributed by atoms with van der Waals surface area (Å²) in [6.45, 7) is 0. The van der Waals surface area contributed by atoms with E-state index in [2.05, 4.69) is 5.32 Å². The molecular formula is C11H12N2O3. The zero-order valence-electron chi connectivity index (χ0n) is 8.73. The topological polar surface area (TPSA) is 78.4 Å². The molecule has 0 aliphatic heterocycles. The van der Waals surface area contributed by atoms with Crippen molar-refractivity contribution in [2.75, 3.05) is 7.05 Å². The maximum absolute atomic E-state index is 11.3. The van der Waals surface area contributed by atoms with Gasteiger partial charge < -0.3 is 5.32 Å². The summed E-state index contributed by atoms with van der Waals surface area (Å²) in [5.41, 5.74) is 2.69. The van der Waals surface area contributed by atoms with Crippen molar-refractivity contribution in [3.63, 3.8) is 0 Å². The number of hydrogen-bond acceptors (Lipinski definition) is 3. The molecule has 1 rings (SSSR count). The number of hydrogen-bond donors (Lipinski definition) is 3. The molecule has 0 spiro atoms. The van der Waals surface area contributed by atoms with Gasteiger partial charge in [0, 0.05) is 18.7 Å². The van der Waals surface area contributed by atoms with Crippen LogP contribution in [0.25, 0.3) is 6.08 Å². The summed E-state index contributed by atoms with van der Waals surface area (Å²) in [4.78, 5) is 22.0. The second kappa shape index (κ2) is 5.67. The van der Waals surface area contributed by atoms with E-state index in [1.165, 1.54) is 17.6 Å². The van der Waals surface area contributed by atoms with Gasteiger partial charge in [0.15, 0.2) is 0 Å². The molecule has 0 radical (unpaired) electrons. The minimum atomic E-state index is -0.620. The van der Waals surface area contributed by atoms with Crippen LogP contribution in [0, 0.1) is 0 Å². The standard InChI is InChI=1S/C11H12N2O3/c1-12-11(15)9-4-2-3-8(7-9)5-6-10(14)13-16/h2-7,16H,1H3,(H,12,15)(H,13,14). The van der Waals surface area contributed by atoms with E-state index in [0.29, 0.717) is 11.1 Å². The largest absolute Gasteiger partial charge is 0.355 e. The number of rotatable bonds is 3. The summed E-state index contributed by atoms with van der Waals surface area (Å²) in [6.07, 6.45) is 2.67. The van der Waals surface area contributed by atoms with E-state index in [0.717, 1.165) is 0 Å². The Kier molecular flexibility index (Phi) is 4.23. The molecule has 0 saturated heterocycles. The number of hydroxylamine groups is 1. The molecule has 84 valence electrons. The lowest BCUT2D eigenvalue weighted by molar-refractivity contribution is -0.124. The van der Waals surface area contributed by atoms with E-state index in [9.17, 15) is 9.59 Å². The first kappa shape index (κ1) is 11.9. The van der Waals surface area contributed by atoms with Gasteiger partial charge in [-0.05, 0) is 23.8 Å². The Balaban J connectivity index is 2.86. The number of nitrogens with one attached hydrogen (secondary N) is 2. The normalized spacial score (nSPS) is 10.1. The molecule has 0 aromatic heterocycles. The number of carbonyl (C=O) groups is 2. The lowest BCUT2D eigenvalue weighted by Crippen LogP contribution is -2.17. The summed E-state index contributed by atoms with van der Waals surface area (Å²) in [5, 5.41) is 10.8. The lowest BCUT2D eigenvalue weighted by atomic mass is 10.1. The maximum atomic E-state index is 11.3. The highest BCUT2D eigenvalue weighted by Crippen LogP contribution is 2.06. The molecule has 0 heterocycles. The third-order valence-corrected chi connectivity index (χ3v) is 1.91. The van der Waals surface area contributed by atoms with Crippen LogP contribution < -0.4 is 10.8 Å². The average molecular weight is 220 g/mol. The Morgan fingerprint density at radius 3 is 2.75 bits per heavy atom. The summed E-state index contributed by atoms with van der Waals surface area (Å²) >= 11 is 0. The van der Waals surface area contributed by atoms with Crippen LogP contribution >= 0.6 is 0 Å². The first-order valence-corrected chi connectivity index (χ1v) is 4.61. The molecule has 5 heteroatoms. The second-order valence-electron chi connectivity index (χ2n) is 3.01. The van der Waals surface area contributed by atoms with Crippen LogP contribution in [0.5, 0.6) is 0 Å². The Morgan fingerprint density at radius 1 is 1.38 bits per heavy atom. The first-order chi connectivity index (χ1) is 7.67. The fourth-order valence-corrected chi connectivity index (χ4v) is 1.14. The van der Waals surface area contributed by atoms with Gasteiger partial charge in [0.25, 0.3) is 11.8 Å². The van der Waals surface area contributed by atoms with Crippen LogP contribution in [0.1, 0.15) is 15.9 Å². The molecule has 0 aliphatic rings. The summed E-state index contributed by atoms with van der Waals surface area (Å²) in [5.74, 6) is -0.813. The molecule has 0 saturated carbocycles. The fourth-order valence-electron chi connectivity index (χ4n) is 1.14. The molecule has 1 aromatic carbocycles. The van der Waals surface area contributed by atoms with E-state index < -0.39 is 5.91 Å². The van der Waals surface area contributed by atoms with Crippen molar-refractivity contribution >= 4 is 17.9 Å². The fraction of sp³-hybridized carbons (Fsp3) is 0.0909. The highest BCUT2D eigenvalue weighted by atomic mass is 16.5. The Bertz CT molecular complexity index is 427. The highest BCUT2D eigenvalue weighted by molar-refractivity contribution is 5.95. The maximum Gasteiger partial charge on any atom is 0.267 e. The van der Waals surface area contributed by atoms with E-state index in [-0.39, 0.29) is 5.91 Å². The van der Waals surface area contributed by atoms with Crippen molar-refractivity contribution in [1.29, 1.82) is 0 Å². The second-order valence-corrected chi connectivity index (χ2v) is 3.01. The molecule has 0 bridgehead atoms. The van der Waals surface area contributed by atoms with Gasteiger partial charge in [-0.1, -0.05) is 12.1 Å². The van der Waals surface area contributed by atoms with Crippen LogP contribution in [-0.2, 0) is 4.79 Å². The quantitative estimate of drug-likeness (QED) is 0.396. The summed E-state index contributed by atoms with van der Waals surface area (Å²) in [7, 11) is 1.55. The van der Waals surface area contributed by atoms with Gasteiger partial charge in [-0.2, -0.15) is 0 Å². The predicted octanol–water partition coefficient (Wildman–Crippen LogP) is 0.565. The lowest BCUT2D eigenvalue weighted by Gasteiger charge is -2.00. The van der Waals surface area contributed by atoms with Crippen LogP contribution in [0.4, 0.5) is 0 Å². The van der Waals surface area contributed by atoms with Crippen molar-refractivity contribution < 1.29 is 14.8 Å². The third-order valence-electron chi connectivity index (χ3n) is 1.91. The van der Waals surface area contributed by atoms with Crippen molar-refractivity contribution in [1.82, 2.24) is 10.8 Å². The van der Waals surface area contributed by atoms with Gasteiger partial charge in [0.2, 0.25) is 0 Å². The van der Waals surface area contributed by atoms with Crippen LogP contribution in [0.2, 0.25) is 0 Å². The zero-order valence-corrected chi connectivity index (χ0v) is 8.73. The average Bonchev–Trinajstić information content (AvgIpc) is 2.35. The minimum Gasteiger partial charge on any atom is -0.355 e. The number of carbonyl (C=O) groups excluding carboxylic acids is 2. The van der Waals surface area contributed by atoms with Crippen LogP contribution in [0.3, 0.4) is 0 Å². The Labute approximate surface area is 92.7 Å². The van der Waals surface area contributed by atoms with E-state index in [4.69, 9.17) is 5.21 Å². The Morgan fingerprint density at radius 2 is 2.12 bits per heavy atom. The molecule has 1 aromatic rings. The molecule has 3 N–H and O–H groups in total. The van der Waals surface area contributed by atoms with Gasteiger partial charge in [-0.3, -0.25) is 14.8 Å². The molecule has 0 unspecified atom stereocenters. The molecule has 5 nitrogen and oxygen atoms in total. The van der Waals surface area contributed by atoms with Crippen LogP contribution in [-0.4, -0.2) is 24.1 Å². The molecule has 2 amide bonds. The van der Waals surface area contributed by atoms with Crippen molar-refractivity contribution in [3.05, 3.63) is 41.5 Å². The minimum absolute atomic E-state index is 0.193. The molecule has 16 heavy (non-hydrogen) atoms. The van der Waals surface area contributed by atoms with Crippen molar-refractivity contribution in [2.45, 2.75) is 0 Å². The van der Waals surface area contributed by atoms with Gasteiger partial charge >= 0.3 is 0 Å². The van der Waals surface area contributed by atoms with Crippen molar-refractivity contribution in [2.24, 2.45) is 0 Å². The van der Waals surface area contributed by atoms with Gasteiger partial charge in [0.05, 0.1) is 0 Å². The number of amides is 2. The molecule has 0 fully saturated rings. The summed E-state index contributed by atoms with van der Waals surface area (Å²) < 4.78 is 0. The third kappa shape index (κ3) is 3.21. The van der Waals surface area contributed by atoms with Gasteiger partial charge in [-0.15, -0.1) is 0 Å². The molecular weight excluding hydrogens is 208 g/mol. The van der Waals surface area contributed by atoms with E-state index in [1.54, 1.807) is 31.3 Å².